The highest BCUT2D eigenvalue weighted by Gasteiger charge is 2.26. The third kappa shape index (κ3) is 5.64. The summed E-state index contributed by atoms with van der Waals surface area (Å²) < 4.78 is 18.5. The maximum atomic E-state index is 13.1. The van der Waals surface area contributed by atoms with Crippen molar-refractivity contribution >= 4 is 6.08 Å². The van der Waals surface area contributed by atoms with Gasteiger partial charge in [-0.25, -0.2) is 4.39 Å². The van der Waals surface area contributed by atoms with E-state index in [0.717, 1.165) is 56.0 Å². The van der Waals surface area contributed by atoms with Gasteiger partial charge in [0.1, 0.15) is 11.6 Å². The van der Waals surface area contributed by atoms with Crippen molar-refractivity contribution in [2.24, 2.45) is 0 Å². The van der Waals surface area contributed by atoms with Crippen LogP contribution in [-0.2, 0) is 6.54 Å². The Morgan fingerprint density at radius 2 is 1.93 bits per heavy atom. The van der Waals surface area contributed by atoms with Gasteiger partial charge >= 0.3 is 0 Å². The first-order valence-corrected chi connectivity index (χ1v) is 9.81. The van der Waals surface area contributed by atoms with Gasteiger partial charge in [-0.05, 0) is 30.2 Å². The zero-order chi connectivity index (χ0) is 19.8. The predicted molar refractivity (Wildman–Crippen MR) is 111 cm³/mol. The fourth-order valence-corrected chi connectivity index (χ4v) is 3.71. The molecule has 0 aromatic heterocycles. The Morgan fingerprint density at radius 3 is 2.68 bits per heavy atom. The molecule has 150 valence electrons. The molecule has 1 N–H and O–H groups in total. The van der Waals surface area contributed by atoms with Crippen molar-refractivity contribution < 1.29 is 14.2 Å². The summed E-state index contributed by atoms with van der Waals surface area (Å²) in [5.74, 6) is 0.670. The topological polar surface area (TPSA) is 35.9 Å². The average molecular weight is 384 g/mol. The molecule has 1 aliphatic rings. The number of rotatable bonds is 8. The molecule has 2 aromatic rings. The van der Waals surface area contributed by atoms with E-state index in [2.05, 4.69) is 22.0 Å². The molecule has 1 heterocycles. The van der Waals surface area contributed by atoms with E-state index in [1.807, 2.05) is 36.4 Å². The molecule has 4 nitrogen and oxygen atoms in total. The summed E-state index contributed by atoms with van der Waals surface area (Å²) in [7, 11) is 1.69. The fraction of sp³-hybridized carbons (Fsp3) is 0.391. The Morgan fingerprint density at radius 1 is 1.14 bits per heavy atom. The number of piperazine rings is 1. The Labute approximate surface area is 166 Å². The summed E-state index contributed by atoms with van der Waals surface area (Å²) in [5, 5.41) is 9.48. The van der Waals surface area contributed by atoms with E-state index < -0.39 is 0 Å². The number of hydrogen-bond acceptors (Lipinski definition) is 4. The van der Waals surface area contributed by atoms with E-state index in [1.54, 1.807) is 7.11 Å². The zero-order valence-corrected chi connectivity index (χ0v) is 16.4. The molecule has 5 heteroatoms. The molecular formula is C23H29FN2O2. The molecule has 2 aromatic carbocycles. The van der Waals surface area contributed by atoms with Crippen molar-refractivity contribution in [1.82, 2.24) is 9.80 Å². The number of methoxy groups -OCH3 is 1. The summed E-state index contributed by atoms with van der Waals surface area (Å²) in [6.07, 6.45) is 5.02. The van der Waals surface area contributed by atoms with Crippen molar-refractivity contribution in [1.29, 1.82) is 0 Å². The van der Waals surface area contributed by atoms with E-state index in [0.29, 0.717) is 6.04 Å². The molecule has 0 aliphatic carbocycles. The summed E-state index contributed by atoms with van der Waals surface area (Å²) in [4.78, 5) is 4.80. The second-order valence-corrected chi connectivity index (χ2v) is 7.17. The highest BCUT2D eigenvalue weighted by Crippen LogP contribution is 2.20. The number of halogens is 1. The summed E-state index contributed by atoms with van der Waals surface area (Å²) in [6.45, 7) is 4.65. The van der Waals surface area contributed by atoms with Crippen LogP contribution in [-0.4, -0.2) is 60.8 Å². The van der Waals surface area contributed by atoms with E-state index in [4.69, 9.17) is 4.74 Å². The second-order valence-electron chi connectivity index (χ2n) is 7.17. The predicted octanol–water partition coefficient (Wildman–Crippen LogP) is 3.42. The average Bonchev–Trinajstić information content (AvgIpc) is 2.72. The van der Waals surface area contributed by atoms with Crippen molar-refractivity contribution in [2.45, 2.75) is 19.0 Å². The Kier molecular flexibility index (Phi) is 7.60. The molecule has 28 heavy (non-hydrogen) atoms. The summed E-state index contributed by atoms with van der Waals surface area (Å²) >= 11 is 0. The van der Waals surface area contributed by atoms with Crippen LogP contribution in [0, 0.1) is 5.82 Å². The summed E-state index contributed by atoms with van der Waals surface area (Å²) in [6, 6.07) is 15.0. The number of nitrogens with zero attached hydrogens (tertiary/aromatic N) is 2. The van der Waals surface area contributed by atoms with Crippen LogP contribution in [0.15, 0.2) is 54.6 Å². The lowest BCUT2D eigenvalue weighted by atomic mass is 10.1. The smallest absolute Gasteiger partial charge is 0.126 e. The fourth-order valence-electron chi connectivity index (χ4n) is 3.71. The third-order valence-electron chi connectivity index (χ3n) is 5.25. The highest BCUT2D eigenvalue weighted by molar-refractivity contribution is 5.57. The van der Waals surface area contributed by atoms with Gasteiger partial charge in [0.15, 0.2) is 0 Å². The van der Waals surface area contributed by atoms with Gasteiger partial charge in [0.05, 0.1) is 7.11 Å². The van der Waals surface area contributed by atoms with Crippen molar-refractivity contribution in [3.63, 3.8) is 0 Å². The maximum absolute atomic E-state index is 13.1. The normalized spacial score (nSPS) is 18.6. The van der Waals surface area contributed by atoms with Crippen molar-refractivity contribution in [3.8, 4) is 5.75 Å². The molecule has 0 radical (unpaired) electrons. The van der Waals surface area contributed by atoms with Gasteiger partial charge in [-0.2, -0.15) is 0 Å². The number of benzene rings is 2. The minimum absolute atomic E-state index is 0.176. The number of hydrogen-bond donors (Lipinski definition) is 1. The Bertz CT molecular complexity index is 763. The van der Waals surface area contributed by atoms with Crippen LogP contribution in [0.4, 0.5) is 4.39 Å². The Hall–Kier alpha value is -2.21. The van der Waals surface area contributed by atoms with Crippen molar-refractivity contribution in [3.05, 3.63) is 71.6 Å². The molecule has 3 rings (SSSR count). The van der Waals surface area contributed by atoms with Crippen LogP contribution in [0.3, 0.4) is 0 Å². The van der Waals surface area contributed by atoms with Crippen LogP contribution in [0.2, 0.25) is 0 Å². The van der Waals surface area contributed by atoms with Crippen LogP contribution < -0.4 is 4.74 Å². The van der Waals surface area contributed by atoms with Gasteiger partial charge < -0.3 is 9.84 Å². The van der Waals surface area contributed by atoms with Gasteiger partial charge in [0.2, 0.25) is 0 Å². The van der Waals surface area contributed by atoms with Gasteiger partial charge in [-0.3, -0.25) is 9.80 Å². The van der Waals surface area contributed by atoms with Crippen LogP contribution in [0.5, 0.6) is 5.75 Å². The van der Waals surface area contributed by atoms with E-state index in [9.17, 15) is 9.50 Å². The quantitative estimate of drug-likeness (QED) is 0.757. The molecule has 0 unspecified atom stereocenters. The number of ether oxygens (including phenoxy) is 1. The van der Waals surface area contributed by atoms with E-state index >= 15 is 0 Å². The standard InChI is InChI=1S/C23H29FN2O2/c1-28-23-7-3-2-5-20(23)6-4-13-25-14-15-26(22(18-25)12-16-27)17-19-8-10-21(24)11-9-19/h2-11,22,27H,12-18H2,1H3/b6-4+/t22-/m0/s1. The molecule has 0 spiro atoms. The minimum Gasteiger partial charge on any atom is -0.496 e. The largest absolute Gasteiger partial charge is 0.496 e. The third-order valence-corrected chi connectivity index (χ3v) is 5.25. The minimum atomic E-state index is -0.206. The summed E-state index contributed by atoms with van der Waals surface area (Å²) in [5.41, 5.74) is 2.18. The van der Waals surface area contributed by atoms with Gasteiger partial charge in [-0.15, -0.1) is 0 Å². The monoisotopic (exact) mass is 384 g/mol. The van der Waals surface area contributed by atoms with Crippen LogP contribution >= 0.6 is 0 Å². The molecule has 0 bridgehead atoms. The molecule has 1 atom stereocenters. The first kappa shape index (κ1) is 20.5. The van der Waals surface area contributed by atoms with Crippen LogP contribution in [0.1, 0.15) is 17.5 Å². The van der Waals surface area contributed by atoms with Gasteiger partial charge in [0, 0.05) is 50.9 Å². The number of aliphatic hydroxyl groups is 1. The zero-order valence-electron chi connectivity index (χ0n) is 16.4. The number of para-hydroxylation sites is 1. The molecule has 1 aliphatic heterocycles. The number of aliphatic hydroxyl groups excluding tert-OH is 1. The second kappa shape index (κ2) is 10.4. The Balaban J connectivity index is 1.57. The van der Waals surface area contributed by atoms with Gasteiger partial charge in [0.25, 0.3) is 0 Å². The lowest BCUT2D eigenvalue weighted by molar-refractivity contribution is 0.0596. The SMILES string of the molecule is COc1ccccc1/C=C/CN1CCN(Cc2ccc(F)cc2)[C@@H](CCO)C1. The maximum Gasteiger partial charge on any atom is 0.126 e. The van der Waals surface area contributed by atoms with Gasteiger partial charge in [-0.1, -0.05) is 42.5 Å². The lowest BCUT2D eigenvalue weighted by Crippen LogP contribution is -2.52. The molecule has 1 saturated heterocycles. The molecule has 0 saturated carbocycles. The first-order chi connectivity index (χ1) is 13.7. The van der Waals surface area contributed by atoms with Crippen molar-refractivity contribution in [2.75, 3.05) is 39.9 Å². The highest BCUT2D eigenvalue weighted by atomic mass is 19.1. The lowest BCUT2D eigenvalue weighted by Gasteiger charge is -2.41. The van der Waals surface area contributed by atoms with Crippen LogP contribution in [0.25, 0.3) is 6.08 Å². The first-order valence-electron chi connectivity index (χ1n) is 9.81. The van der Waals surface area contributed by atoms with E-state index in [-0.39, 0.29) is 12.4 Å². The molecular weight excluding hydrogens is 355 g/mol. The molecule has 1 fully saturated rings. The van der Waals surface area contributed by atoms with E-state index in [1.165, 1.54) is 12.1 Å². The molecule has 0 amide bonds.